The van der Waals surface area contributed by atoms with Crippen LogP contribution in [-0.4, -0.2) is 30.8 Å². The van der Waals surface area contributed by atoms with Crippen LogP contribution in [0.5, 0.6) is 0 Å². The van der Waals surface area contributed by atoms with Gasteiger partial charge < -0.3 is 9.84 Å². The van der Waals surface area contributed by atoms with Crippen LogP contribution in [0, 0.1) is 17.0 Å². The predicted molar refractivity (Wildman–Crippen MR) is 117 cm³/mol. The van der Waals surface area contributed by atoms with Crippen molar-refractivity contribution in [3.8, 4) is 17.1 Å². The highest BCUT2D eigenvalue weighted by atomic mass is 16.6. The Balaban J connectivity index is 1.59. The maximum atomic E-state index is 12.9. The van der Waals surface area contributed by atoms with Crippen molar-refractivity contribution in [2.75, 3.05) is 5.32 Å². The van der Waals surface area contributed by atoms with E-state index in [1.807, 2.05) is 32.9 Å². The largest absolute Gasteiger partial charge is 0.334 e. The molecule has 1 N–H and O–H groups in total. The van der Waals surface area contributed by atoms with Crippen molar-refractivity contribution < 1.29 is 14.2 Å². The Bertz CT molecular complexity index is 1290. The summed E-state index contributed by atoms with van der Waals surface area (Å²) < 4.78 is 6.88. The number of nitrogens with one attached hydrogen (secondary N) is 1. The number of rotatable bonds is 6. The lowest BCUT2D eigenvalue weighted by molar-refractivity contribution is -0.384. The van der Waals surface area contributed by atoms with Gasteiger partial charge in [-0.25, -0.2) is 4.68 Å². The van der Waals surface area contributed by atoms with Gasteiger partial charge in [-0.05, 0) is 36.8 Å². The molecule has 0 saturated heterocycles. The van der Waals surface area contributed by atoms with Crippen molar-refractivity contribution in [3.05, 3.63) is 81.9 Å². The first-order chi connectivity index (χ1) is 15.3. The highest BCUT2D eigenvalue weighted by molar-refractivity contribution is 6.05. The number of aryl methyl sites for hydroxylation is 1. The first-order valence-corrected chi connectivity index (χ1v) is 9.89. The summed E-state index contributed by atoms with van der Waals surface area (Å²) in [7, 11) is 0. The summed E-state index contributed by atoms with van der Waals surface area (Å²) in [5.41, 5.74) is 2.76. The SMILES string of the molecule is Cc1cccc(-c2nc(C(C)C)no2)c1NC(=O)c1ccn(-c2ccc([N+](=O)[O-])cc2)n1. The standard InChI is InChI=1S/C22H20N6O4/c1-13(2)20-24-22(32-26-20)17-6-4-5-14(3)19(17)23-21(29)18-11-12-27(25-18)15-7-9-16(10-8-15)28(30)31/h4-13H,1-3H3,(H,23,29). The molecule has 2 heterocycles. The Morgan fingerprint density at radius 1 is 1.16 bits per heavy atom. The number of para-hydroxylation sites is 1. The second-order valence-corrected chi connectivity index (χ2v) is 7.48. The molecule has 32 heavy (non-hydrogen) atoms. The van der Waals surface area contributed by atoms with Gasteiger partial charge in [0, 0.05) is 24.2 Å². The molecule has 0 saturated carbocycles. The van der Waals surface area contributed by atoms with Crippen LogP contribution in [0.3, 0.4) is 0 Å². The summed E-state index contributed by atoms with van der Waals surface area (Å²) in [5.74, 6) is 0.605. The molecule has 0 aliphatic carbocycles. The number of carbonyl (C=O) groups is 1. The van der Waals surface area contributed by atoms with Crippen LogP contribution in [0.4, 0.5) is 11.4 Å². The van der Waals surface area contributed by atoms with E-state index in [0.29, 0.717) is 28.7 Å². The Labute approximate surface area is 183 Å². The molecular weight excluding hydrogens is 412 g/mol. The predicted octanol–water partition coefficient (Wildman–Crippen LogP) is 4.51. The van der Waals surface area contributed by atoms with Crippen LogP contribution >= 0.6 is 0 Å². The maximum absolute atomic E-state index is 12.9. The summed E-state index contributed by atoms with van der Waals surface area (Å²) in [4.78, 5) is 27.7. The molecule has 10 nitrogen and oxygen atoms in total. The van der Waals surface area contributed by atoms with Crippen molar-refractivity contribution in [1.82, 2.24) is 19.9 Å². The van der Waals surface area contributed by atoms with Gasteiger partial charge in [0.25, 0.3) is 17.5 Å². The van der Waals surface area contributed by atoms with Crippen molar-refractivity contribution in [2.24, 2.45) is 0 Å². The topological polar surface area (TPSA) is 129 Å². The lowest BCUT2D eigenvalue weighted by Crippen LogP contribution is -2.15. The minimum Gasteiger partial charge on any atom is -0.334 e. The Kier molecular flexibility index (Phi) is 5.50. The Morgan fingerprint density at radius 2 is 1.91 bits per heavy atom. The Morgan fingerprint density at radius 3 is 2.56 bits per heavy atom. The molecule has 2 aromatic heterocycles. The van der Waals surface area contributed by atoms with Crippen LogP contribution in [0.25, 0.3) is 17.1 Å². The van der Waals surface area contributed by atoms with Gasteiger partial charge in [-0.2, -0.15) is 10.1 Å². The number of nitrogens with zero attached hydrogens (tertiary/aromatic N) is 5. The highest BCUT2D eigenvalue weighted by Gasteiger charge is 2.19. The zero-order valence-electron chi connectivity index (χ0n) is 17.6. The number of nitro benzene ring substituents is 1. The van der Waals surface area contributed by atoms with Gasteiger partial charge in [-0.15, -0.1) is 0 Å². The number of nitro groups is 1. The molecule has 4 aromatic rings. The molecule has 162 valence electrons. The van der Waals surface area contributed by atoms with Crippen molar-refractivity contribution in [3.63, 3.8) is 0 Å². The second-order valence-electron chi connectivity index (χ2n) is 7.48. The maximum Gasteiger partial charge on any atom is 0.276 e. The number of carbonyl (C=O) groups excluding carboxylic acids is 1. The van der Waals surface area contributed by atoms with Gasteiger partial charge in [0.1, 0.15) is 0 Å². The molecule has 0 bridgehead atoms. The number of benzene rings is 2. The van der Waals surface area contributed by atoms with E-state index in [2.05, 4.69) is 20.6 Å². The van der Waals surface area contributed by atoms with Crippen LogP contribution < -0.4 is 5.32 Å². The van der Waals surface area contributed by atoms with Crippen LogP contribution in [0.15, 0.2) is 59.3 Å². The fourth-order valence-corrected chi connectivity index (χ4v) is 3.08. The number of hydrogen-bond acceptors (Lipinski definition) is 7. The average Bonchev–Trinajstić information content (AvgIpc) is 3.45. The first kappa shape index (κ1) is 20.9. The number of amides is 1. The number of hydrogen-bond donors (Lipinski definition) is 1. The molecule has 4 rings (SSSR count). The van der Waals surface area contributed by atoms with Crippen molar-refractivity contribution >= 4 is 17.3 Å². The van der Waals surface area contributed by atoms with Gasteiger partial charge in [0.15, 0.2) is 11.5 Å². The van der Waals surface area contributed by atoms with Gasteiger partial charge in [-0.1, -0.05) is 31.1 Å². The zero-order valence-corrected chi connectivity index (χ0v) is 17.6. The van der Waals surface area contributed by atoms with E-state index in [1.54, 1.807) is 30.5 Å². The van der Waals surface area contributed by atoms with E-state index in [9.17, 15) is 14.9 Å². The summed E-state index contributed by atoms with van der Waals surface area (Å²) in [6.45, 7) is 5.80. The number of non-ortho nitro benzene ring substituents is 1. The molecule has 0 fully saturated rings. The van der Waals surface area contributed by atoms with Gasteiger partial charge in [0.05, 0.1) is 21.9 Å². The molecular formula is C22H20N6O4. The smallest absolute Gasteiger partial charge is 0.276 e. The summed E-state index contributed by atoms with van der Waals surface area (Å²) in [6.07, 6.45) is 1.61. The van der Waals surface area contributed by atoms with Crippen LogP contribution in [-0.2, 0) is 0 Å². The van der Waals surface area contributed by atoms with Gasteiger partial charge >= 0.3 is 0 Å². The molecule has 10 heteroatoms. The summed E-state index contributed by atoms with van der Waals surface area (Å²) in [5, 5.41) is 22.0. The third-order valence-corrected chi connectivity index (χ3v) is 4.85. The molecule has 0 unspecified atom stereocenters. The van der Waals surface area contributed by atoms with E-state index in [4.69, 9.17) is 4.52 Å². The molecule has 1 amide bonds. The van der Waals surface area contributed by atoms with Crippen molar-refractivity contribution in [2.45, 2.75) is 26.7 Å². The minimum atomic E-state index is -0.473. The van der Waals surface area contributed by atoms with Crippen LogP contribution in [0.2, 0.25) is 0 Å². The van der Waals surface area contributed by atoms with E-state index in [0.717, 1.165) is 5.56 Å². The summed E-state index contributed by atoms with van der Waals surface area (Å²) in [6, 6.07) is 13.0. The fraction of sp³-hybridized carbons (Fsp3) is 0.182. The van der Waals surface area contributed by atoms with E-state index in [1.165, 1.54) is 16.8 Å². The quantitative estimate of drug-likeness (QED) is 0.350. The highest BCUT2D eigenvalue weighted by Crippen LogP contribution is 2.31. The molecule has 0 atom stereocenters. The number of aromatic nitrogens is 4. The lowest BCUT2D eigenvalue weighted by atomic mass is 10.1. The monoisotopic (exact) mass is 432 g/mol. The fourth-order valence-electron chi connectivity index (χ4n) is 3.08. The molecule has 2 aromatic carbocycles. The van der Waals surface area contributed by atoms with Gasteiger partial charge in [-0.3, -0.25) is 14.9 Å². The third-order valence-electron chi connectivity index (χ3n) is 4.85. The van der Waals surface area contributed by atoms with E-state index in [-0.39, 0.29) is 17.3 Å². The van der Waals surface area contributed by atoms with E-state index < -0.39 is 10.8 Å². The van der Waals surface area contributed by atoms with Gasteiger partial charge in [0.2, 0.25) is 0 Å². The first-order valence-electron chi connectivity index (χ1n) is 9.89. The lowest BCUT2D eigenvalue weighted by Gasteiger charge is -2.11. The van der Waals surface area contributed by atoms with E-state index >= 15 is 0 Å². The average molecular weight is 432 g/mol. The molecule has 0 aliphatic heterocycles. The summed E-state index contributed by atoms with van der Waals surface area (Å²) >= 11 is 0. The zero-order chi connectivity index (χ0) is 22.8. The minimum absolute atomic E-state index is 0.0207. The molecule has 0 spiro atoms. The third kappa shape index (κ3) is 4.10. The normalized spacial score (nSPS) is 11.0. The molecule has 0 radical (unpaired) electrons. The number of anilines is 1. The van der Waals surface area contributed by atoms with Crippen LogP contribution in [0.1, 0.15) is 41.6 Å². The second kappa shape index (κ2) is 8.42. The Hall–Kier alpha value is -4.34. The van der Waals surface area contributed by atoms with Crippen molar-refractivity contribution in [1.29, 1.82) is 0 Å². The molecule has 0 aliphatic rings.